The van der Waals surface area contributed by atoms with E-state index < -0.39 is 0 Å². The Bertz CT molecular complexity index is 778. The SMILES string of the molecule is C[C@H]1C[C@@]2(CCN1Cc1ccc(OCCO)cc1)OCCc1cc(Cl)sc12. The van der Waals surface area contributed by atoms with Crippen molar-refractivity contribution in [3.63, 3.8) is 0 Å². The summed E-state index contributed by atoms with van der Waals surface area (Å²) in [5.74, 6) is 0.802. The third kappa shape index (κ3) is 4.03. The number of hydrogen-bond acceptors (Lipinski definition) is 5. The van der Waals surface area contributed by atoms with Crippen molar-refractivity contribution in [2.24, 2.45) is 0 Å². The average Bonchev–Trinajstić information content (AvgIpc) is 3.06. The van der Waals surface area contributed by atoms with Gasteiger partial charge in [-0.3, -0.25) is 4.90 Å². The highest BCUT2D eigenvalue weighted by atomic mass is 35.5. The standard InChI is InChI=1S/C21H26ClNO3S/c1-15-13-21(20-17(6-10-26-21)12-19(22)27-20)7-8-23(15)14-16-2-4-18(5-3-16)25-11-9-24/h2-5,12,15,24H,6-11,13-14H2,1H3/t15-,21+/m0/s1. The Morgan fingerprint density at radius 2 is 2.19 bits per heavy atom. The van der Waals surface area contributed by atoms with E-state index in [0.717, 1.165) is 49.0 Å². The molecule has 0 unspecified atom stereocenters. The Kier molecular flexibility index (Phi) is 5.76. The van der Waals surface area contributed by atoms with Crippen LogP contribution in [0.1, 0.15) is 35.8 Å². The molecule has 1 aromatic heterocycles. The lowest BCUT2D eigenvalue weighted by Gasteiger charge is -2.47. The second-order valence-electron chi connectivity index (χ2n) is 7.49. The number of aliphatic hydroxyl groups excluding tert-OH is 1. The first kappa shape index (κ1) is 19.2. The van der Waals surface area contributed by atoms with Gasteiger partial charge in [-0.15, -0.1) is 11.3 Å². The minimum atomic E-state index is -0.150. The molecule has 1 aromatic carbocycles. The van der Waals surface area contributed by atoms with Gasteiger partial charge in [0.2, 0.25) is 0 Å². The molecule has 6 heteroatoms. The Labute approximate surface area is 169 Å². The predicted octanol–water partition coefficient (Wildman–Crippen LogP) is 4.23. The number of nitrogens with zero attached hydrogens (tertiary/aromatic N) is 1. The maximum absolute atomic E-state index is 8.85. The molecule has 0 amide bonds. The monoisotopic (exact) mass is 407 g/mol. The van der Waals surface area contributed by atoms with Crippen LogP contribution in [0.4, 0.5) is 0 Å². The first-order valence-corrected chi connectivity index (χ1v) is 10.8. The van der Waals surface area contributed by atoms with Crippen LogP contribution in [0, 0.1) is 0 Å². The summed E-state index contributed by atoms with van der Waals surface area (Å²) in [5.41, 5.74) is 2.51. The van der Waals surface area contributed by atoms with Crippen molar-refractivity contribution in [2.75, 3.05) is 26.4 Å². The predicted molar refractivity (Wildman–Crippen MR) is 109 cm³/mol. The topological polar surface area (TPSA) is 41.9 Å². The van der Waals surface area contributed by atoms with E-state index in [9.17, 15) is 0 Å². The van der Waals surface area contributed by atoms with Crippen molar-refractivity contribution in [3.05, 3.63) is 50.7 Å². The van der Waals surface area contributed by atoms with Crippen molar-refractivity contribution in [1.29, 1.82) is 0 Å². The molecule has 0 bridgehead atoms. The molecule has 0 aliphatic carbocycles. The summed E-state index contributed by atoms with van der Waals surface area (Å²) in [5, 5.41) is 8.85. The van der Waals surface area contributed by atoms with Gasteiger partial charge in [-0.05, 0) is 55.5 Å². The van der Waals surface area contributed by atoms with Gasteiger partial charge in [0, 0.05) is 24.0 Å². The summed E-state index contributed by atoms with van der Waals surface area (Å²) in [6.45, 7) is 5.40. The number of likely N-dealkylation sites (tertiary alicyclic amines) is 1. The van der Waals surface area contributed by atoms with Gasteiger partial charge in [-0.25, -0.2) is 0 Å². The molecule has 1 fully saturated rings. The molecule has 2 atom stereocenters. The van der Waals surface area contributed by atoms with Gasteiger partial charge in [-0.1, -0.05) is 23.7 Å². The number of benzene rings is 1. The van der Waals surface area contributed by atoms with Crippen LogP contribution >= 0.6 is 22.9 Å². The molecule has 2 aliphatic rings. The minimum Gasteiger partial charge on any atom is -0.491 e. The van der Waals surface area contributed by atoms with Crippen LogP contribution in [0.2, 0.25) is 4.34 Å². The number of halogens is 1. The third-order valence-electron chi connectivity index (χ3n) is 5.66. The van der Waals surface area contributed by atoms with Gasteiger partial charge in [0.1, 0.15) is 18.0 Å². The summed E-state index contributed by atoms with van der Waals surface area (Å²) in [7, 11) is 0. The number of ether oxygens (including phenoxy) is 2. The number of fused-ring (bicyclic) bond motifs is 2. The maximum Gasteiger partial charge on any atom is 0.119 e. The number of aliphatic hydroxyl groups is 1. The molecular formula is C21H26ClNO3S. The molecule has 3 heterocycles. The number of hydrogen-bond donors (Lipinski definition) is 1. The third-order valence-corrected chi connectivity index (χ3v) is 7.15. The van der Waals surface area contributed by atoms with Crippen molar-refractivity contribution < 1.29 is 14.6 Å². The fourth-order valence-electron chi connectivity index (χ4n) is 4.30. The Morgan fingerprint density at radius 1 is 1.37 bits per heavy atom. The number of piperidine rings is 1. The zero-order valence-electron chi connectivity index (χ0n) is 15.6. The van der Waals surface area contributed by atoms with Crippen molar-refractivity contribution in [2.45, 2.75) is 44.4 Å². The van der Waals surface area contributed by atoms with E-state index >= 15 is 0 Å². The first-order valence-electron chi connectivity index (χ1n) is 9.59. The van der Waals surface area contributed by atoms with Crippen molar-refractivity contribution in [1.82, 2.24) is 4.90 Å². The molecule has 0 saturated carbocycles. The zero-order chi connectivity index (χ0) is 18.9. The lowest BCUT2D eigenvalue weighted by Crippen LogP contribution is -2.49. The first-order chi connectivity index (χ1) is 13.1. The summed E-state index contributed by atoms with van der Waals surface area (Å²) >= 11 is 8.00. The van der Waals surface area contributed by atoms with E-state index in [1.165, 1.54) is 16.0 Å². The van der Waals surface area contributed by atoms with Crippen molar-refractivity contribution in [3.8, 4) is 5.75 Å². The number of rotatable bonds is 5. The molecule has 0 radical (unpaired) electrons. The molecule has 4 rings (SSSR count). The molecule has 146 valence electrons. The highest BCUT2D eigenvalue weighted by Crippen LogP contribution is 2.48. The fraction of sp³-hybridized carbons (Fsp3) is 0.524. The maximum atomic E-state index is 8.85. The van der Waals surface area contributed by atoms with Crippen LogP contribution in [0.25, 0.3) is 0 Å². The van der Waals surface area contributed by atoms with E-state index in [1.54, 1.807) is 11.3 Å². The molecule has 2 aliphatic heterocycles. The molecular weight excluding hydrogens is 382 g/mol. The molecule has 1 spiro atoms. The summed E-state index contributed by atoms with van der Waals surface area (Å²) in [6.07, 6.45) is 3.00. The smallest absolute Gasteiger partial charge is 0.119 e. The molecule has 2 aromatic rings. The Morgan fingerprint density at radius 3 is 2.93 bits per heavy atom. The van der Waals surface area contributed by atoms with Gasteiger partial charge in [0.25, 0.3) is 0 Å². The van der Waals surface area contributed by atoms with E-state index in [1.807, 2.05) is 12.1 Å². The largest absolute Gasteiger partial charge is 0.491 e. The molecule has 1 saturated heterocycles. The second kappa shape index (κ2) is 8.10. The quantitative estimate of drug-likeness (QED) is 0.805. The fourth-order valence-corrected chi connectivity index (χ4v) is 5.78. The number of thiophene rings is 1. The summed E-state index contributed by atoms with van der Waals surface area (Å²) in [6, 6.07) is 10.7. The van der Waals surface area contributed by atoms with Gasteiger partial charge in [0.05, 0.1) is 17.6 Å². The van der Waals surface area contributed by atoms with Gasteiger partial charge >= 0.3 is 0 Å². The minimum absolute atomic E-state index is 0.0357. The van der Waals surface area contributed by atoms with Crippen LogP contribution in [-0.4, -0.2) is 42.4 Å². The summed E-state index contributed by atoms with van der Waals surface area (Å²) < 4.78 is 12.7. The van der Waals surface area contributed by atoms with Crippen molar-refractivity contribution >= 4 is 22.9 Å². The molecule has 1 N–H and O–H groups in total. The van der Waals surface area contributed by atoms with Crippen LogP contribution in [-0.2, 0) is 23.3 Å². The second-order valence-corrected chi connectivity index (χ2v) is 9.17. The van der Waals surface area contributed by atoms with Gasteiger partial charge in [-0.2, -0.15) is 0 Å². The molecule has 4 nitrogen and oxygen atoms in total. The van der Waals surface area contributed by atoms with E-state index in [0.29, 0.717) is 12.6 Å². The Hall–Kier alpha value is -1.11. The van der Waals surface area contributed by atoms with E-state index in [2.05, 4.69) is 30.0 Å². The zero-order valence-corrected chi connectivity index (χ0v) is 17.2. The average molecular weight is 408 g/mol. The highest BCUT2D eigenvalue weighted by molar-refractivity contribution is 7.16. The lowest BCUT2D eigenvalue weighted by atomic mass is 9.82. The summed E-state index contributed by atoms with van der Waals surface area (Å²) in [4.78, 5) is 3.89. The van der Waals surface area contributed by atoms with E-state index in [-0.39, 0.29) is 12.2 Å². The van der Waals surface area contributed by atoms with E-state index in [4.69, 9.17) is 26.2 Å². The Balaban J connectivity index is 1.42. The van der Waals surface area contributed by atoms with Crippen LogP contribution in [0.5, 0.6) is 5.75 Å². The van der Waals surface area contributed by atoms with Gasteiger partial charge in [0.15, 0.2) is 0 Å². The van der Waals surface area contributed by atoms with Crippen LogP contribution < -0.4 is 4.74 Å². The van der Waals surface area contributed by atoms with Crippen LogP contribution in [0.15, 0.2) is 30.3 Å². The van der Waals surface area contributed by atoms with Gasteiger partial charge < -0.3 is 14.6 Å². The lowest BCUT2D eigenvalue weighted by molar-refractivity contribution is -0.110. The highest BCUT2D eigenvalue weighted by Gasteiger charge is 2.44. The van der Waals surface area contributed by atoms with Crippen LogP contribution in [0.3, 0.4) is 0 Å². The molecule has 27 heavy (non-hydrogen) atoms. The normalized spacial score (nSPS) is 25.5.